The van der Waals surface area contributed by atoms with Crippen LogP contribution in [0, 0.1) is 16.7 Å². The Morgan fingerprint density at radius 1 is 1.44 bits per heavy atom. The zero-order chi connectivity index (χ0) is 13.6. The van der Waals surface area contributed by atoms with Crippen LogP contribution in [0.2, 0.25) is 0 Å². The fourth-order valence-corrected chi connectivity index (χ4v) is 3.11. The first-order chi connectivity index (χ1) is 8.30. The van der Waals surface area contributed by atoms with E-state index in [1.54, 1.807) is 0 Å². The van der Waals surface area contributed by atoms with Crippen LogP contribution in [-0.4, -0.2) is 36.2 Å². The van der Waals surface area contributed by atoms with Crippen LogP contribution in [0.3, 0.4) is 0 Å². The molecular formula is C14H26N2O2. The molecule has 104 valence electrons. The minimum absolute atomic E-state index is 0.108. The third-order valence-corrected chi connectivity index (χ3v) is 5.27. The van der Waals surface area contributed by atoms with E-state index in [1.165, 1.54) is 0 Å². The van der Waals surface area contributed by atoms with E-state index in [4.69, 9.17) is 0 Å². The van der Waals surface area contributed by atoms with Crippen molar-refractivity contribution in [2.45, 2.75) is 52.7 Å². The van der Waals surface area contributed by atoms with Gasteiger partial charge in [0.1, 0.15) is 0 Å². The molecule has 4 heteroatoms. The quantitative estimate of drug-likeness (QED) is 0.701. The van der Waals surface area contributed by atoms with Gasteiger partial charge in [0.15, 0.2) is 0 Å². The van der Waals surface area contributed by atoms with Crippen molar-refractivity contribution in [3.05, 3.63) is 0 Å². The number of hydrogen-bond acceptors (Lipinski definition) is 3. The second-order valence-electron chi connectivity index (χ2n) is 6.84. The molecule has 2 rings (SSSR count). The standard InChI is InChI=1S/C14H26N2O2/c1-9(2)14(5-6-15-8-14)12(18)16-10-7-11(17)13(10,3)4/h9-11,15,17H,5-8H2,1-4H3,(H,16,18). The molecule has 1 saturated heterocycles. The Hall–Kier alpha value is -0.610. The van der Waals surface area contributed by atoms with Gasteiger partial charge < -0.3 is 15.7 Å². The van der Waals surface area contributed by atoms with E-state index in [-0.39, 0.29) is 28.9 Å². The molecule has 3 unspecified atom stereocenters. The number of nitrogens with one attached hydrogen (secondary N) is 2. The van der Waals surface area contributed by atoms with Crippen LogP contribution in [0.4, 0.5) is 0 Å². The SMILES string of the molecule is CC(C)C1(C(=O)NC2CC(O)C2(C)C)CCNC1. The largest absolute Gasteiger partial charge is 0.392 e. The fourth-order valence-electron chi connectivity index (χ4n) is 3.11. The highest BCUT2D eigenvalue weighted by molar-refractivity contribution is 5.84. The van der Waals surface area contributed by atoms with E-state index in [0.717, 1.165) is 19.5 Å². The Morgan fingerprint density at radius 2 is 2.11 bits per heavy atom. The van der Waals surface area contributed by atoms with Crippen molar-refractivity contribution in [1.29, 1.82) is 0 Å². The summed E-state index contributed by atoms with van der Waals surface area (Å²) in [4.78, 5) is 12.6. The minimum atomic E-state index is -0.292. The summed E-state index contributed by atoms with van der Waals surface area (Å²) in [5, 5.41) is 16.2. The van der Waals surface area contributed by atoms with Crippen LogP contribution >= 0.6 is 0 Å². The van der Waals surface area contributed by atoms with Crippen LogP contribution in [0.5, 0.6) is 0 Å². The van der Waals surface area contributed by atoms with Crippen molar-refractivity contribution in [3.63, 3.8) is 0 Å². The Morgan fingerprint density at radius 3 is 2.50 bits per heavy atom. The predicted molar refractivity (Wildman–Crippen MR) is 71.1 cm³/mol. The third kappa shape index (κ3) is 1.95. The number of aliphatic hydroxyl groups excluding tert-OH is 1. The van der Waals surface area contributed by atoms with Crippen LogP contribution < -0.4 is 10.6 Å². The van der Waals surface area contributed by atoms with Gasteiger partial charge in [-0.05, 0) is 25.3 Å². The van der Waals surface area contributed by atoms with E-state index in [2.05, 4.69) is 24.5 Å². The number of amides is 1. The summed E-state index contributed by atoms with van der Waals surface area (Å²) in [6.07, 6.45) is 1.30. The molecule has 18 heavy (non-hydrogen) atoms. The molecule has 1 heterocycles. The van der Waals surface area contributed by atoms with E-state index in [9.17, 15) is 9.90 Å². The van der Waals surface area contributed by atoms with Crippen molar-refractivity contribution in [2.24, 2.45) is 16.7 Å². The first-order valence-corrected chi connectivity index (χ1v) is 7.00. The van der Waals surface area contributed by atoms with Gasteiger partial charge in [-0.1, -0.05) is 27.7 Å². The Kier molecular flexibility index (Phi) is 3.45. The highest BCUT2D eigenvalue weighted by Crippen LogP contribution is 2.42. The molecule has 2 aliphatic rings. The zero-order valence-corrected chi connectivity index (χ0v) is 11.9. The van der Waals surface area contributed by atoms with Crippen molar-refractivity contribution in [1.82, 2.24) is 10.6 Å². The summed E-state index contributed by atoms with van der Waals surface area (Å²) in [7, 11) is 0. The van der Waals surface area contributed by atoms with Crippen molar-refractivity contribution in [3.8, 4) is 0 Å². The number of carbonyl (C=O) groups excluding carboxylic acids is 1. The monoisotopic (exact) mass is 254 g/mol. The average Bonchev–Trinajstić information content (AvgIpc) is 2.78. The molecule has 1 aliphatic carbocycles. The predicted octanol–water partition coefficient (Wildman–Crippen LogP) is 0.898. The molecule has 0 spiro atoms. The van der Waals surface area contributed by atoms with Crippen LogP contribution in [0.25, 0.3) is 0 Å². The maximum absolute atomic E-state index is 12.6. The fraction of sp³-hybridized carbons (Fsp3) is 0.929. The molecule has 0 aromatic rings. The van der Waals surface area contributed by atoms with Gasteiger partial charge in [-0.15, -0.1) is 0 Å². The summed E-state index contributed by atoms with van der Waals surface area (Å²) in [5.74, 6) is 0.494. The van der Waals surface area contributed by atoms with E-state index < -0.39 is 0 Å². The number of carbonyl (C=O) groups is 1. The molecule has 0 aromatic carbocycles. The maximum atomic E-state index is 12.6. The Balaban J connectivity index is 2.03. The molecule has 2 fully saturated rings. The number of hydrogen-bond donors (Lipinski definition) is 3. The summed E-state index contributed by atoms with van der Waals surface area (Å²) in [5.41, 5.74) is -0.462. The molecule has 0 radical (unpaired) electrons. The van der Waals surface area contributed by atoms with Gasteiger partial charge in [-0.25, -0.2) is 0 Å². The number of rotatable bonds is 3. The summed E-state index contributed by atoms with van der Waals surface area (Å²) in [6, 6.07) is 0.108. The van der Waals surface area contributed by atoms with Crippen LogP contribution in [-0.2, 0) is 4.79 Å². The summed E-state index contributed by atoms with van der Waals surface area (Å²) in [6.45, 7) is 9.96. The lowest BCUT2D eigenvalue weighted by Gasteiger charge is -2.50. The van der Waals surface area contributed by atoms with Gasteiger partial charge in [0.25, 0.3) is 0 Å². The molecule has 1 aliphatic heterocycles. The minimum Gasteiger partial charge on any atom is -0.392 e. The summed E-state index contributed by atoms with van der Waals surface area (Å²) < 4.78 is 0. The van der Waals surface area contributed by atoms with Crippen molar-refractivity contribution < 1.29 is 9.90 Å². The Bertz CT molecular complexity index is 333. The first-order valence-electron chi connectivity index (χ1n) is 7.00. The zero-order valence-electron chi connectivity index (χ0n) is 11.9. The molecule has 1 amide bonds. The Labute approximate surface area is 110 Å². The second kappa shape index (κ2) is 4.49. The average molecular weight is 254 g/mol. The topological polar surface area (TPSA) is 61.4 Å². The second-order valence-corrected chi connectivity index (χ2v) is 6.84. The van der Waals surface area contributed by atoms with Gasteiger partial charge in [-0.3, -0.25) is 4.79 Å². The lowest BCUT2D eigenvalue weighted by molar-refractivity contribution is -0.140. The van der Waals surface area contributed by atoms with E-state index in [0.29, 0.717) is 12.3 Å². The molecule has 3 atom stereocenters. The van der Waals surface area contributed by atoms with Crippen molar-refractivity contribution >= 4 is 5.91 Å². The van der Waals surface area contributed by atoms with Gasteiger partial charge in [0.05, 0.1) is 11.5 Å². The number of aliphatic hydroxyl groups is 1. The first kappa shape index (κ1) is 13.8. The molecular weight excluding hydrogens is 228 g/mol. The van der Waals surface area contributed by atoms with E-state index >= 15 is 0 Å². The van der Waals surface area contributed by atoms with Gasteiger partial charge in [-0.2, -0.15) is 0 Å². The lowest BCUT2D eigenvalue weighted by atomic mass is 9.64. The molecule has 0 aromatic heterocycles. The van der Waals surface area contributed by atoms with Gasteiger partial charge in [0.2, 0.25) is 5.91 Å². The van der Waals surface area contributed by atoms with Gasteiger partial charge in [0, 0.05) is 18.0 Å². The van der Waals surface area contributed by atoms with Crippen LogP contribution in [0.1, 0.15) is 40.5 Å². The molecule has 1 saturated carbocycles. The smallest absolute Gasteiger partial charge is 0.228 e. The molecule has 3 N–H and O–H groups in total. The highest BCUT2D eigenvalue weighted by atomic mass is 16.3. The molecule has 4 nitrogen and oxygen atoms in total. The maximum Gasteiger partial charge on any atom is 0.228 e. The lowest BCUT2D eigenvalue weighted by Crippen LogP contribution is -2.63. The molecule has 0 bridgehead atoms. The van der Waals surface area contributed by atoms with E-state index in [1.807, 2.05) is 13.8 Å². The summed E-state index contributed by atoms with van der Waals surface area (Å²) >= 11 is 0. The van der Waals surface area contributed by atoms with Crippen molar-refractivity contribution in [2.75, 3.05) is 13.1 Å². The third-order valence-electron chi connectivity index (χ3n) is 5.27. The van der Waals surface area contributed by atoms with Gasteiger partial charge >= 0.3 is 0 Å². The van der Waals surface area contributed by atoms with Crippen LogP contribution in [0.15, 0.2) is 0 Å². The normalized spacial score (nSPS) is 38.6. The highest BCUT2D eigenvalue weighted by Gasteiger charge is 2.51.